The predicted octanol–water partition coefficient (Wildman–Crippen LogP) is -0.932. The minimum Gasteiger partial charge on any atom is -0.388 e. The molecule has 0 radical (unpaired) electrons. The van der Waals surface area contributed by atoms with Crippen LogP contribution in [0.4, 0.5) is 0 Å². The molecule has 44 valence electrons. The van der Waals surface area contributed by atoms with Gasteiger partial charge in [0.05, 0.1) is 0 Å². The molecular formula is C4H10O3. The van der Waals surface area contributed by atoms with Crippen LogP contribution in [0.2, 0.25) is 0 Å². The lowest BCUT2D eigenvalue weighted by molar-refractivity contribution is -0.122. The monoisotopic (exact) mass is 106 g/mol. The first-order valence-electron chi connectivity index (χ1n) is 2.22. The molecule has 0 saturated heterocycles. The van der Waals surface area contributed by atoms with Gasteiger partial charge >= 0.3 is 0 Å². The van der Waals surface area contributed by atoms with Crippen molar-refractivity contribution in [3.05, 3.63) is 0 Å². The summed E-state index contributed by atoms with van der Waals surface area (Å²) in [6.07, 6.45) is -2.19. The number of hydrogen-bond donors (Lipinski definition) is 3. The van der Waals surface area contributed by atoms with Crippen LogP contribution < -0.4 is 0 Å². The summed E-state index contributed by atoms with van der Waals surface area (Å²) in [5, 5.41) is 24.7. The lowest BCUT2D eigenvalue weighted by Crippen LogP contribution is -2.23. The Kier molecular flexibility index (Phi) is 2.91. The van der Waals surface area contributed by atoms with Crippen molar-refractivity contribution in [3.63, 3.8) is 0 Å². The van der Waals surface area contributed by atoms with Crippen LogP contribution in [-0.2, 0) is 0 Å². The van der Waals surface area contributed by atoms with Gasteiger partial charge in [-0.3, -0.25) is 0 Å². The van der Waals surface area contributed by atoms with Crippen LogP contribution in [0.5, 0.6) is 0 Å². The zero-order valence-corrected chi connectivity index (χ0v) is 4.20. The lowest BCUT2D eigenvalue weighted by atomic mass is 10.3. The van der Waals surface area contributed by atoms with E-state index in [1.807, 2.05) is 0 Å². The number of aliphatic hydroxyl groups excluding tert-OH is 2. The average Bonchev–Trinajstić information content (AvgIpc) is 1.65. The largest absolute Gasteiger partial charge is 0.388 e. The van der Waals surface area contributed by atoms with E-state index in [2.05, 4.69) is 0 Å². The molecule has 0 bridgehead atoms. The quantitative estimate of drug-likeness (QED) is 0.398. The van der Waals surface area contributed by atoms with Crippen molar-refractivity contribution in [2.45, 2.75) is 25.7 Å². The van der Waals surface area contributed by atoms with Crippen molar-refractivity contribution in [1.82, 2.24) is 0 Å². The third-order valence-corrected chi connectivity index (χ3v) is 0.762. The summed E-state index contributed by atoms with van der Waals surface area (Å²) >= 11 is 0. The first kappa shape index (κ1) is 6.88. The molecule has 7 heavy (non-hydrogen) atoms. The van der Waals surface area contributed by atoms with E-state index in [4.69, 9.17) is 15.3 Å². The molecule has 1 atom stereocenters. The Morgan fingerprint density at radius 2 is 1.71 bits per heavy atom. The van der Waals surface area contributed by atoms with Crippen molar-refractivity contribution < 1.29 is 15.3 Å². The van der Waals surface area contributed by atoms with Crippen LogP contribution in [0, 0.1) is 0 Å². The fourth-order valence-corrected chi connectivity index (χ4v) is 0.211. The van der Waals surface area contributed by atoms with E-state index in [0.29, 0.717) is 6.42 Å². The fraction of sp³-hybridized carbons (Fsp3) is 1.00. The summed E-state index contributed by atoms with van der Waals surface area (Å²) in [5.41, 5.74) is 0. The summed E-state index contributed by atoms with van der Waals surface area (Å²) in [7, 11) is 0. The fourth-order valence-electron chi connectivity index (χ4n) is 0.211. The van der Waals surface area contributed by atoms with Crippen molar-refractivity contribution in [2.24, 2.45) is 0 Å². The molecule has 0 spiro atoms. The van der Waals surface area contributed by atoms with Gasteiger partial charge in [-0.25, -0.2) is 0 Å². The van der Waals surface area contributed by atoms with Crippen LogP contribution in [0.1, 0.15) is 13.3 Å². The van der Waals surface area contributed by atoms with Gasteiger partial charge < -0.3 is 15.3 Å². The summed E-state index contributed by atoms with van der Waals surface area (Å²) in [6.45, 7) is 1.67. The Bertz CT molecular complexity index is 44.2. The van der Waals surface area contributed by atoms with Crippen LogP contribution in [0.25, 0.3) is 0 Å². The minimum atomic E-state index is -1.58. The molecule has 0 aliphatic heterocycles. The summed E-state index contributed by atoms with van der Waals surface area (Å²) in [4.78, 5) is 0. The second kappa shape index (κ2) is 2.96. The van der Waals surface area contributed by atoms with Gasteiger partial charge in [-0.1, -0.05) is 6.92 Å². The number of aliphatic hydroxyl groups is 3. The van der Waals surface area contributed by atoms with E-state index in [1.54, 1.807) is 6.92 Å². The highest BCUT2D eigenvalue weighted by Gasteiger charge is 2.07. The Labute approximate surface area is 42.2 Å². The Morgan fingerprint density at radius 3 is 1.71 bits per heavy atom. The summed E-state index contributed by atoms with van der Waals surface area (Å²) in [6, 6.07) is 0. The molecule has 0 aromatic rings. The first-order chi connectivity index (χ1) is 3.18. The molecule has 0 fully saturated rings. The second-order valence-corrected chi connectivity index (χ2v) is 1.39. The number of rotatable bonds is 2. The van der Waals surface area contributed by atoms with E-state index in [0.717, 1.165) is 0 Å². The molecule has 0 saturated carbocycles. The molecule has 0 aliphatic rings. The second-order valence-electron chi connectivity index (χ2n) is 1.39. The topological polar surface area (TPSA) is 60.7 Å². The minimum absolute atomic E-state index is 0.373. The Balaban J connectivity index is 3.14. The zero-order valence-electron chi connectivity index (χ0n) is 4.20. The van der Waals surface area contributed by atoms with E-state index in [1.165, 1.54) is 0 Å². The normalized spacial score (nSPS) is 15.0. The van der Waals surface area contributed by atoms with Gasteiger partial charge in [0.1, 0.15) is 6.10 Å². The maximum Gasteiger partial charge on any atom is 0.178 e. The van der Waals surface area contributed by atoms with Crippen molar-refractivity contribution in [2.75, 3.05) is 0 Å². The van der Waals surface area contributed by atoms with Crippen LogP contribution >= 0.6 is 0 Å². The van der Waals surface area contributed by atoms with Crippen LogP contribution in [-0.4, -0.2) is 27.7 Å². The van der Waals surface area contributed by atoms with Gasteiger partial charge in [-0.05, 0) is 6.42 Å². The molecule has 0 aliphatic carbocycles. The molecular weight excluding hydrogens is 96.0 g/mol. The van der Waals surface area contributed by atoms with Gasteiger partial charge in [-0.2, -0.15) is 0 Å². The van der Waals surface area contributed by atoms with Gasteiger partial charge in [0.15, 0.2) is 6.29 Å². The Hall–Kier alpha value is -0.120. The molecule has 1 unspecified atom stereocenters. The van der Waals surface area contributed by atoms with E-state index in [9.17, 15) is 0 Å². The van der Waals surface area contributed by atoms with Gasteiger partial charge in [0, 0.05) is 0 Å². The maximum absolute atomic E-state index is 8.44. The van der Waals surface area contributed by atoms with Crippen molar-refractivity contribution >= 4 is 0 Å². The van der Waals surface area contributed by atoms with Gasteiger partial charge in [0.25, 0.3) is 0 Å². The Morgan fingerprint density at radius 1 is 1.29 bits per heavy atom. The van der Waals surface area contributed by atoms with E-state index >= 15 is 0 Å². The van der Waals surface area contributed by atoms with E-state index in [-0.39, 0.29) is 0 Å². The molecule has 3 nitrogen and oxygen atoms in total. The zero-order chi connectivity index (χ0) is 5.86. The SMILES string of the molecule is CCC(O)C(O)O. The van der Waals surface area contributed by atoms with Gasteiger partial charge in [-0.15, -0.1) is 0 Å². The summed E-state index contributed by atoms with van der Waals surface area (Å²) in [5.74, 6) is 0. The predicted molar refractivity (Wildman–Crippen MR) is 24.5 cm³/mol. The van der Waals surface area contributed by atoms with Crippen molar-refractivity contribution in [3.8, 4) is 0 Å². The molecule has 0 aromatic carbocycles. The maximum atomic E-state index is 8.44. The third-order valence-electron chi connectivity index (χ3n) is 0.762. The van der Waals surface area contributed by atoms with E-state index < -0.39 is 12.4 Å². The van der Waals surface area contributed by atoms with Crippen molar-refractivity contribution in [1.29, 1.82) is 0 Å². The first-order valence-corrected chi connectivity index (χ1v) is 2.22. The number of hydrogen-bond acceptors (Lipinski definition) is 3. The van der Waals surface area contributed by atoms with Gasteiger partial charge in [0.2, 0.25) is 0 Å². The highest BCUT2D eigenvalue weighted by Crippen LogP contribution is 1.91. The highest BCUT2D eigenvalue weighted by atomic mass is 16.5. The molecule has 0 rings (SSSR count). The summed E-state index contributed by atoms with van der Waals surface area (Å²) < 4.78 is 0. The lowest BCUT2D eigenvalue weighted by Gasteiger charge is -2.07. The third kappa shape index (κ3) is 2.56. The molecule has 3 N–H and O–H groups in total. The highest BCUT2D eigenvalue weighted by molar-refractivity contribution is 4.50. The van der Waals surface area contributed by atoms with Crippen LogP contribution in [0.15, 0.2) is 0 Å². The molecule has 0 aromatic heterocycles. The molecule has 3 heteroatoms. The molecule has 0 heterocycles. The van der Waals surface area contributed by atoms with Crippen LogP contribution in [0.3, 0.4) is 0 Å². The standard InChI is InChI=1S/C4H10O3/c1-2-3(5)4(6)7/h3-7H,2H2,1H3. The smallest absolute Gasteiger partial charge is 0.178 e. The average molecular weight is 106 g/mol. The molecule has 0 amide bonds.